The van der Waals surface area contributed by atoms with Gasteiger partial charge < -0.3 is 18.6 Å². The van der Waals surface area contributed by atoms with E-state index in [-0.39, 0.29) is 24.8 Å². The summed E-state index contributed by atoms with van der Waals surface area (Å²) >= 11 is 6.27. The number of hydrogen-bond donors (Lipinski definition) is 0. The first kappa shape index (κ1) is 20.6. The summed E-state index contributed by atoms with van der Waals surface area (Å²) in [5.41, 5.74) is 0.672. The normalized spacial score (nSPS) is 13.0. The molecule has 0 bridgehead atoms. The maximum Gasteiger partial charge on any atom is 0.243 e. The van der Waals surface area contributed by atoms with E-state index in [1.54, 1.807) is 36.4 Å². The summed E-state index contributed by atoms with van der Waals surface area (Å²) < 4.78 is 49.7. The molecule has 0 N–H and O–H groups in total. The van der Waals surface area contributed by atoms with Crippen molar-refractivity contribution in [1.29, 1.82) is 0 Å². The van der Waals surface area contributed by atoms with Gasteiger partial charge in [-0.2, -0.15) is 4.31 Å². The van der Waals surface area contributed by atoms with Gasteiger partial charge in [0.15, 0.2) is 11.5 Å². The fourth-order valence-electron chi connectivity index (χ4n) is 3.14. The van der Waals surface area contributed by atoms with Gasteiger partial charge in [0, 0.05) is 6.54 Å². The molecule has 1 aromatic heterocycles. The summed E-state index contributed by atoms with van der Waals surface area (Å²) in [6, 6.07) is 13.2. The Morgan fingerprint density at radius 1 is 1.10 bits per heavy atom. The minimum Gasteiger partial charge on any atom is -0.494 e. The summed E-state index contributed by atoms with van der Waals surface area (Å²) in [6.45, 7) is 2.59. The van der Waals surface area contributed by atoms with Crippen molar-refractivity contribution in [1.82, 2.24) is 4.31 Å². The van der Waals surface area contributed by atoms with E-state index in [0.717, 1.165) is 0 Å². The lowest BCUT2D eigenvalue weighted by atomic mass is 10.2. The Kier molecular flexibility index (Phi) is 5.90. The molecule has 0 amide bonds. The van der Waals surface area contributed by atoms with Crippen LogP contribution in [-0.4, -0.2) is 26.1 Å². The summed E-state index contributed by atoms with van der Waals surface area (Å²) in [5.74, 6) is 2.09. The second-order valence-electron chi connectivity index (χ2n) is 6.57. The van der Waals surface area contributed by atoms with Gasteiger partial charge >= 0.3 is 0 Å². The van der Waals surface area contributed by atoms with Crippen molar-refractivity contribution >= 4 is 21.6 Å². The van der Waals surface area contributed by atoms with Gasteiger partial charge in [0.2, 0.25) is 16.8 Å². The first-order valence-electron chi connectivity index (χ1n) is 9.31. The number of hydrogen-bond acceptors (Lipinski definition) is 6. The molecule has 0 atom stereocenters. The van der Waals surface area contributed by atoms with E-state index in [9.17, 15) is 8.42 Å². The number of nitrogens with zero attached hydrogens (tertiary/aromatic N) is 1. The average Bonchev–Trinajstić information content (AvgIpc) is 3.40. The average molecular weight is 450 g/mol. The van der Waals surface area contributed by atoms with Gasteiger partial charge in [-0.15, -0.1) is 0 Å². The van der Waals surface area contributed by atoms with Gasteiger partial charge in [-0.25, -0.2) is 8.42 Å². The Morgan fingerprint density at radius 3 is 2.60 bits per heavy atom. The SMILES string of the molecule is CCOc1ccc(S(=O)(=O)N(Cc2cc(Cl)c3c(c2)OCO3)Cc2ccco2)cc1. The van der Waals surface area contributed by atoms with Crippen molar-refractivity contribution in [2.45, 2.75) is 24.9 Å². The molecule has 1 aliphatic heterocycles. The number of ether oxygens (including phenoxy) is 3. The summed E-state index contributed by atoms with van der Waals surface area (Å²) in [5, 5.41) is 0.372. The van der Waals surface area contributed by atoms with Gasteiger partial charge in [0.05, 0.1) is 29.3 Å². The number of benzene rings is 2. The van der Waals surface area contributed by atoms with Crippen molar-refractivity contribution in [3.05, 3.63) is 71.1 Å². The molecule has 0 saturated heterocycles. The zero-order valence-electron chi connectivity index (χ0n) is 16.2. The third-order valence-electron chi connectivity index (χ3n) is 4.53. The second-order valence-corrected chi connectivity index (χ2v) is 8.91. The molecule has 2 aromatic carbocycles. The van der Waals surface area contributed by atoms with Gasteiger partial charge in [-0.05, 0) is 61.0 Å². The van der Waals surface area contributed by atoms with Crippen LogP contribution in [0.4, 0.5) is 0 Å². The van der Waals surface area contributed by atoms with Gasteiger partial charge in [0.25, 0.3) is 0 Å². The van der Waals surface area contributed by atoms with Crippen LogP contribution >= 0.6 is 11.6 Å². The summed E-state index contributed by atoms with van der Waals surface area (Å²) in [4.78, 5) is 0.157. The van der Waals surface area contributed by atoms with Crippen LogP contribution in [0.2, 0.25) is 5.02 Å². The molecule has 0 fully saturated rings. The fraction of sp³-hybridized carbons (Fsp3) is 0.238. The Hall–Kier alpha value is -2.68. The lowest BCUT2D eigenvalue weighted by molar-refractivity contribution is 0.174. The number of furan rings is 1. The van der Waals surface area contributed by atoms with Crippen LogP contribution in [-0.2, 0) is 23.1 Å². The third kappa shape index (κ3) is 4.26. The van der Waals surface area contributed by atoms with Crippen LogP contribution < -0.4 is 14.2 Å². The van der Waals surface area contributed by atoms with Crippen LogP contribution in [0.25, 0.3) is 0 Å². The monoisotopic (exact) mass is 449 g/mol. The highest BCUT2D eigenvalue weighted by molar-refractivity contribution is 7.89. The molecule has 0 radical (unpaired) electrons. The predicted molar refractivity (Wildman–Crippen MR) is 110 cm³/mol. The van der Waals surface area contributed by atoms with Gasteiger partial charge in [0.1, 0.15) is 11.5 Å². The lowest BCUT2D eigenvalue weighted by Gasteiger charge is -2.22. The molecular weight excluding hydrogens is 430 g/mol. The molecular formula is C21H20ClNO6S. The lowest BCUT2D eigenvalue weighted by Crippen LogP contribution is -2.30. The highest BCUT2D eigenvalue weighted by atomic mass is 35.5. The molecule has 0 spiro atoms. The standard InChI is InChI=1S/C21H20ClNO6S/c1-2-26-16-5-7-18(8-6-16)30(24,25)23(13-17-4-3-9-27-17)12-15-10-19(22)21-20(11-15)28-14-29-21/h3-11H,2,12-14H2,1H3. The maximum absolute atomic E-state index is 13.4. The van der Waals surface area contributed by atoms with Crippen LogP contribution in [0, 0.1) is 0 Å². The molecule has 1 aliphatic rings. The molecule has 30 heavy (non-hydrogen) atoms. The Bertz CT molecular complexity index is 1110. The van der Waals surface area contributed by atoms with Crippen LogP contribution in [0.1, 0.15) is 18.2 Å². The topological polar surface area (TPSA) is 78.2 Å². The minimum atomic E-state index is -3.83. The Labute approximate surface area is 179 Å². The van der Waals surface area contributed by atoms with Crippen molar-refractivity contribution in [2.75, 3.05) is 13.4 Å². The molecule has 9 heteroatoms. The molecule has 3 aromatic rings. The minimum absolute atomic E-state index is 0.0641. The van der Waals surface area contributed by atoms with Crippen molar-refractivity contribution in [3.63, 3.8) is 0 Å². The van der Waals surface area contributed by atoms with E-state index in [1.807, 2.05) is 6.92 Å². The zero-order valence-corrected chi connectivity index (χ0v) is 17.8. The van der Waals surface area contributed by atoms with E-state index in [0.29, 0.717) is 40.2 Å². The van der Waals surface area contributed by atoms with Crippen molar-refractivity contribution in [2.24, 2.45) is 0 Å². The molecule has 158 valence electrons. The molecule has 0 aliphatic carbocycles. The molecule has 7 nitrogen and oxygen atoms in total. The first-order chi connectivity index (χ1) is 14.5. The zero-order chi connectivity index (χ0) is 21.1. The van der Waals surface area contributed by atoms with Gasteiger partial charge in [-0.1, -0.05) is 11.6 Å². The maximum atomic E-state index is 13.4. The van der Waals surface area contributed by atoms with E-state index in [4.69, 9.17) is 30.2 Å². The van der Waals surface area contributed by atoms with Crippen molar-refractivity contribution < 1.29 is 27.0 Å². The quantitative estimate of drug-likeness (QED) is 0.505. The molecule has 2 heterocycles. The molecule has 0 unspecified atom stereocenters. The largest absolute Gasteiger partial charge is 0.494 e. The van der Waals surface area contributed by atoms with E-state index in [2.05, 4.69) is 0 Å². The Morgan fingerprint density at radius 2 is 1.90 bits per heavy atom. The number of fused-ring (bicyclic) bond motifs is 1. The van der Waals surface area contributed by atoms with E-state index >= 15 is 0 Å². The number of halogens is 1. The van der Waals surface area contributed by atoms with Crippen LogP contribution in [0.3, 0.4) is 0 Å². The van der Waals surface area contributed by atoms with Crippen LogP contribution in [0.5, 0.6) is 17.2 Å². The predicted octanol–water partition coefficient (Wildman–Crippen LogP) is 4.45. The van der Waals surface area contributed by atoms with Crippen molar-refractivity contribution in [3.8, 4) is 17.2 Å². The summed E-state index contributed by atoms with van der Waals surface area (Å²) in [7, 11) is -3.83. The van der Waals surface area contributed by atoms with E-state index < -0.39 is 10.0 Å². The molecule has 4 rings (SSSR count). The van der Waals surface area contributed by atoms with Crippen LogP contribution in [0.15, 0.2) is 64.1 Å². The van der Waals surface area contributed by atoms with Gasteiger partial charge in [-0.3, -0.25) is 0 Å². The highest BCUT2D eigenvalue weighted by Gasteiger charge is 2.27. The Balaban J connectivity index is 1.66. The highest BCUT2D eigenvalue weighted by Crippen LogP contribution is 2.40. The fourth-order valence-corrected chi connectivity index (χ4v) is 4.82. The second kappa shape index (κ2) is 8.59. The first-order valence-corrected chi connectivity index (χ1v) is 11.1. The number of rotatable bonds is 8. The smallest absolute Gasteiger partial charge is 0.243 e. The summed E-state index contributed by atoms with van der Waals surface area (Å²) in [6.07, 6.45) is 1.51. The van der Waals surface area contributed by atoms with E-state index in [1.165, 1.54) is 22.7 Å². The third-order valence-corrected chi connectivity index (χ3v) is 6.62. The molecule has 0 saturated carbocycles. The number of sulfonamides is 1.